The number of benzene rings is 1. The maximum absolute atomic E-state index is 11.8. The molecule has 4 heteroatoms. The van der Waals surface area contributed by atoms with Gasteiger partial charge in [-0.15, -0.1) is 11.8 Å². The third-order valence-corrected chi connectivity index (χ3v) is 3.57. The third kappa shape index (κ3) is 6.64. The Morgan fingerprint density at radius 1 is 1.32 bits per heavy atom. The summed E-state index contributed by atoms with van der Waals surface area (Å²) < 4.78 is 5.10. The lowest BCUT2D eigenvalue weighted by Gasteiger charge is -2.19. The zero-order valence-corrected chi connectivity index (χ0v) is 12.7. The molecule has 0 saturated carbocycles. The summed E-state index contributed by atoms with van der Waals surface area (Å²) in [5.41, 5.74) is 0. The highest BCUT2D eigenvalue weighted by atomic mass is 32.2. The highest BCUT2D eigenvalue weighted by Gasteiger charge is 2.19. The van der Waals surface area contributed by atoms with Gasteiger partial charge in [0.2, 0.25) is 0 Å². The summed E-state index contributed by atoms with van der Waals surface area (Å²) in [6, 6.07) is 10.3. The van der Waals surface area contributed by atoms with Crippen molar-refractivity contribution < 1.29 is 9.53 Å². The van der Waals surface area contributed by atoms with Crippen molar-refractivity contribution in [1.29, 1.82) is 0 Å². The minimum atomic E-state index is -0.212. The molecule has 0 bridgehead atoms. The maximum Gasteiger partial charge on any atom is 0.323 e. The second-order valence-corrected chi connectivity index (χ2v) is 5.74. The monoisotopic (exact) mass is 281 g/mol. The number of carbonyl (C=O) groups excluding carboxylic acids is 1. The van der Waals surface area contributed by atoms with Crippen molar-refractivity contribution in [3.05, 3.63) is 30.3 Å². The van der Waals surface area contributed by atoms with Gasteiger partial charge in [-0.3, -0.25) is 4.79 Å². The Labute approximate surface area is 120 Å². The average Bonchev–Trinajstić information content (AvgIpc) is 2.38. The van der Waals surface area contributed by atoms with E-state index in [-0.39, 0.29) is 18.1 Å². The van der Waals surface area contributed by atoms with Crippen molar-refractivity contribution in [2.24, 2.45) is 0 Å². The highest BCUT2D eigenvalue weighted by Crippen LogP contribution is 2.18. The Morgan fingerprint density at radius 2 is 2.00 bits per heavy atom. The van der Waals surface area contributed by atoms with E-state index in [4.69, 9.17) is 4.74 Å². The number of esters is 1. The van der Waals surface area contributed by atoms with Gasteiger partial charge >= 0.3 is 5.97 Å². The molecule has 1 rings (SSSR count). The molecule has 0 aromatic heterocycles. The summed E-state index contributed by atoms with van der Waals surface area (Å²) in [7, 11) is 0. The molecular formula is C15H23NO2S. The van der Waals surface area contributed by atoms with Gasteiger partial charge in [-0.2, -0.15) is 0 Å². The molecule has 1 atom stereocenters. The smallest absolute Gasteiger partial charge is 0.323 e. The minimum Gasteiger partial charge on any atom is -0.465 e. The van der Waals surface area contributed by atoms with Gasteiger partial charge < -0.3 is 10.1 Å². The zero-order chi connectivity index (χ0) is 14.1. The van der Waals surface area contributed by atoms with Crippen molar-refractivity contribution in [2.75, 3.05) is 12.4 Å². The lowest BCUT2D eigenvalue weighted by Crippen LogP contribution is -2.42. The highest BCUT2D eigenvalue weighted by molar-refractivity contribution is 7.99. The Bertz CT molecular complexity index is 368. The van der Waals surface area contributed by atoms with E-state index in [0.29, 0.717) is 6.61 Å². The third-order valence-electron chi connectivity index (χ3n) is 2.52. The molecule has 3 nitrogen and oxygen atoms in total. The Kier molecular flexibility index (Phi) is 7.60. The first-order valence-electron chi connectivity index (χ1n) is 6.74. The van der Waals surface area contributed by atoms with Crippen LogP contribution in [0.4, 0.5) is 0 Å². The summed E-state index contributed by atoms with van der Waals surface area (Å²) in [6.07, 6.45) is 0.774. The first-order valence-corrected chi connectivity index (χ1v) is 7.72. The average molecular weight is 281 g/mol. The maximum atomic E-state index is 11.8. The van der Waals surface area contributed by atoms with Crippen molar-refractivity contribution >= 4 is 17.7 Å². The van der Waals surface area contributed by atoms with Crippen LogP contribution in [-0.2, 0) is 9.53 Å². The van der Waals surface area contributed by atoms with Crippen molar-refractivity contribution in [3.8, 4) is 0 Å². The van der Waals surface area contributed by atoms with E-state index in [9.17, 15) is 4.79 Å². The minimum absolute atomic E-state index is 0.148. The fraction of sp³-hybridized carbons (Fsp3) is 0.533. The molecule has 0 aliphatic carbocycles. The molecule has 0 aliphatic rings. The number of hydrogen-bond donors (Lipinski definition) is 1. The van der Waals surface area contributed by atoms with Crippen LogP contribution in [0.15, 0.2) is 35.2 Å². The van der Waals surface area contributed by atoms with Crippen LogP contribution in [0.1, 0.15) is 27.2 Å². The van der Waals surface area contributed by atoms with Crippen LogP contribution in [0, 0.1) is 0 Å². The lowest BCUT2D eigenvalue weighted by atomic mass is 10.2. The Balaban J connectivity index is 2.42. The zero-order valence-electron chi connectivity index (χ0n) is 11.9. The van der Waals surface area contributed by atoms with Gasteiger partial charge in [0.25, 0.3) is 0 Å². The van der Waals surface area contributed by atoms with Gasteiger partial charge in [-0.25, -0.2) is 0 Å². The van der Waals surface area contributed by atoms with Gasteiger partial charge in [-0.1, -0.05) is 32.0 Å². The summed E-state index contributed by atoms with van der Waals surface area (Å²) >= 11 is 1.76. The van der Waals surface area contributed by atoms with Gasteiger partial charge in [0.1, 0.15) is 6.04 Å². The molecule has 0 aliphatic heterocycles. The van der Waals surface area contributed by atoms with Crippen LogP contribution >= 0.6 is 11.8 Å². The number of hydrogen-bond acceptors (Lipinski definition) is 4. The summed E-state index contributed by atoms with van der Waals surface area (Å²) in [5.74, 6) is 0.748. The molecule has 0 radical (unpaired) electrons. The molecular weight excluding hydrogens is 258 g/mol. The fourth-order valence-corrected chi connectivity index (χ4v) is 2.66. The van der Waals surface area contributed by atoms with Crippen LogP contribution in [0.5, 0.6) is 0 Å². The molecule has 0 amide bonds. The SMILES string of the molecule is CCOC(=O)C(CCSc1ccccc1)NC(C)C. The number of carbonyl (C=O) groups is 1. The topological polar surface area (TPSA) is 38.3 Å². The van der Waals surface area contributed by atoms with Gasteiger partial charge in [-0.05, 0) is 25.5 Å². The molecule has 0 heterocycles. The molecule has 0 saturated heterocycles. The normalized spacial score (nSPS) is 12.4. The van der Waals surface area contributed by atoms with Crippen LogP contribution in [0.2, 0.25) is 0 Å². The van der Waals surface area contributed by atoms with E-state index in [2.05, 4.69) is 17.4 Å². The largest absolute Gasteiger partial charge is 0.465 e. The van der Waals surface area contributed by atoms with Gasteiger partial charge in [0.15, 0.2) is 0 Å². The predicted octanol–water partition coefficient (Wildman–Crippen LogP) is 3.10. The van der Waals surface area contributed by atoms with E-state index in [0.717, 1.165) is 12.2 Å². The van der Waals surface area contributed by atoms with Crippen LogP contribution in [-0.4, -0.2) is 30.4 Å². The number of ether oxygens (including phenoxy) is 1. The van der Waals surface area contributed by atoms with Gasteiger partial charge in [0.05, 0.1) is 6.61 Å². The van der Waals surface area contributed by atoms with Crippen molar-refractivity contribution in [2.45, 2.75) is 44.2 Å². The summed E-state index contributed by atoms with van der Waals surface area (Å²) in [6.45, 7) is 6.34. The van der Waals surface area contributed by atoms with Crippen molar-refractivity contribution in [3.63, 3.8) is 0 Å². The number of thioether (sulfide) groups is 1. The van der Waals surface area contributed by atoms with E-state index >= 15 is 0 Å². The molecule has 106 valence electrons. The Morgan fingerprint density at radius 3 is 2.58 bits per heavy atom. The predicted molar refractivity (Wildman–Crippen MR) is 80.5 cm³/mol. The van der Waals surface area contributed by atoms with Crippen LogP contribution in [0.25, 0.3) is 0 Å². The number of nitrogens with one attached hydrogen (secondary N) is 1. The molecule has 1 N–H and O–H groups in total. The second-order valence-electron chi connectivity index (χ2n) is 4.58. The van der Waals surface area contributed by atoms with Crippen LogP contribution < -0.4 is 5.32 Å². The van der Waals surface area contributed by atoms with E-state index in [1.165, 1.54) is 4.90 Å². The summed E-state index contributed by atoms with van der Waals surface area (Å²) in [5, 5.41) is 3.26. The van der Waals surface area contributed by atoms with E-state index < -0.39 is 0 Å². The first kappa shape index (κ1) is 16.1. The molecule has 1 aromatic carbocycles. The van der Waals surface area contributed by atoms with Crippen molar-refractivity contribution in [1.82, 2.24) is 5.32 Å². The molecule has 1 unspecified atom stereocenters. The van der Waals surface area contributed by atoms with Crippen LogP contribution in [0.3, 0.4) is 0 Å². The summed E-state index contributed by atoms with van der Waals surface area (Å²) in [4.78, 5) is 13.1. The second kappa shape index (κ2) is 8.99. The van der Waals surface area contributed by atoms with E-state index in [1.54, 1.807) is 11.8 Å². The fourth-order valence-electron chi connectivity index (χ4n) is 1.73. The van der Waals surface area contributed by atoms with Gasteiger partial charge in [0, 0.05) is 16.7 Å². The lowest BCUT2D eigenvalue weighted by molar-refractivity contribution is -0.145. The quantitative estimate of drug-likeness (QED) is 0.587. The molecule has 1 aromatic rings. The Hall–Kier alpha value is -1.00. The molecule has 19 heavy (non-hydrogen) atoms. The first-order chi connectivity index (χ1) is 9.13. The van der Waals surface area contributed by atoms with E-state index in [1.807, 2.05) is 39.0 Å². The molecule has 0 spiro atoms. The standard InChI is InChI=1S/C15H23NO2S/c1-4-18-15(17)14(16-12(2)3)10-11-19-13-8-6-5-7-9-13/h5-9,12,14,16H,4,10-11H2,1-3H3. The molecule has 0 fully saturated rings. The number of rotatable bonds is 8.